The van der Waals surface area contributed by atoms with E-state index in [1.54, 1.807) is 18.2 Å². The summed E-state index contributed by atoms with van der Waals surface area (Å²) in [5, 5.41) is 9.49. The van der Waals surface area contributed by atoms with E-state index in [1.165, 1.54) is 6.07 Å². The summed E-state index contributed by atoms with van der Waals surface area (Å²) in [5.41, 5.74) is 0.739. The predicted octanol–water partition coefficient (Wildman–Crippen LogP) is 3.75. The Morgan fingerprint density at radius 3 is 2.41 bits per heavy atom. The van der Waals surface area contributed by atoms with Gasteiger partial charge in [0.15, 0.2) is 0 Å². The second-order valence-electron chi connectivity index (χ2n) is 3.44. The van der Waals surface area contributed by atoms with Crippen molar-refractivity contribution in [3.63, 3.8) is 0 Å². The summed E-state index contributed by atoms with van der Waals surface area (Å²) < 4.78 is -1.44. The molecule has 90 valence electrons. The number of halogens is 4. The molecule has 0 fully saturated rings. The molecule has 1 heterocycles. The minimum Gasteiger partial charge on any atom is -0.329 e. The largest absolute Gasteiger partial charge is 0.346 e. The van der Waals surface area contributed by atoms with E-state index in [1.807, 2.05) is 0 Å². The third-order valence-electron chi connectivity index (χ3n) is 2.38. The molecule has 2 rings (SSSR count). The zero-order chi connectivity index (χ0) is 12.8. The number of rotatable bonds is 0. The minimum absolute atomic E-state index is 0.124. The van der Waals surface area contributed by atoms with Crippen LogP contribution in [0.4, 0.5) is 5.69 Å². The fourth-order valence-electron chi connectivity index (χ4n) is 1.66. The first kappa shape index (κ1) is 13.1. The maximum absolute atomic E-state index is 11.7. The van der Waals surface area contributed by atoms with Crippen molar-refractivity contribution in [1.82, 2.24) is 0 Å². The number of hydrogen-bond donors (Lipinski definition) is 1. The first-order valence-corrected chi connectivity index (χ1v) is 6.06. The normalized spacial score (nSPS) is 20.5. The van der Waals surface area contributed by atoms with Crippen molar-refractivity contribution in [2.45, 2.75) is 10.0 Å². The van der Waals surface area contributed by atoms with Gasteiger partial charge in [-0.15, -0.1) is 0 Å². The molecule has 0 spiro atoms. The van der Waals surface area contributed by atoms with E-state index in [0.717, 1.165) is 0 Å². The lowest BCUT2D eigenvalue weighted by Gasteiger charge is -2.22. The van der Waals surface area contributed by atoms with Gasteiger partial charge >= 0.3 is 6.23 Å². The molecule has 0 bridgehead atoms. The van der Waals surface area contributed by atoms with Crippen LogP contribution in [0.1, 0.15) is 5.56 Å². The van der Waals surface area contributed by atoms with Gasteiger partial charge < -0.3 is 5.11 Å². The van der Waals surface area contributed by atoms with Crippen LogP contribution in [0.5, 0.6) is 0 Å². The number of nitrogens with zero attached hydrogens (tertiary/aromatic N) is 1. The quantitative estimate of drug-likeness (QED) is 0.585. The Bertz CT molecular complexity index is 521. The molecule has 1 aliphatic rings. The van der Waals surface area contributed by atoms with Gasteiger partial charge in [0, 0.05) is 16.5 Å². The molecule has 0 radical (unpaired) electrons. The van der Waals surface area contributed by atoms with Crippen molar-refractivity contribution in [3.8, 4) is 0 Å². The lowest BCUT2D eigenvalue weighted by Crippen LogP contribution is -2.28. The van der Waals surface area contributed by atoms with Gasteiger partial charge in [-0.2, -0.15) is 0 Å². The van der Waals surface area contributed by atoms with Crippen molar-refractivity contribution >= 4 is 57.7 Å². The van der Waals surface area contributed by atoms with Crippen LogP contribution in [0.15, 0.2) is 29.3 Å². The lowest BCUT2D eigenvalue weighted by molar-refractivity contribution is -0.543. The van der Waals surface area contributed by atoms with E-state index >= 15 is 0 Å². The minimum atomic E-state index is -1.81. The molecule has 0 aliphatic carbocycles. The monoisotopic (exact) mass is 312 g/mol. The molecular formula is C10H6Cl4NO2+. The van der Waals surface area contributed by atoms with Crippen molar-refractivity contribution in [3.05, 3.63) is 39.8 Å². The van der Waals surface area contributed by atoms with Crippen LogP contribution >= 0.6 is 46.4 Å². The lowest BCUT2D eigenvalue weighted by atomic mass is 10.0. The first-order valence-electron chi connectivity index (χ1n) is 4.54. The van der Waals surface area contributed by atoms with Crippen LogP contribution < -0.4 is 0 Å². The van der Waals surface area contributed by atoms with Crippen molar-refractivity contribution < 1.29 is 9.87 Å². The highest BCUT2D eigenvalue weighted by Gasteiger charge is 2.45. The molecule has 0 amide bonds. The highest BCUT2D eigenvalue weighted by molar-refractivity contribution is 6.73. The van der Waals surface area contributed by atoms with Crippen LogP contribution in [0.25, 0.3) is 5.57 Å². The summed E-state index contributed by atoms with van der Waals surface area (Å²) in [6.45, 7) is 0. The standard InChI is InChI=1S/C10H6Cl4NO2/c11-8-7(10(12,13)14)5-3-1-2-4-6(5)15(17)9(8)16/h1-4,9,16H/q+1. The number of allylic oxidation sites excluding steroid dienone is 1. The second kappa shape index (κ2) is 4.41. The fourth-order valence-corrected chi connectivity index (χ4v) is 2.75. The third kappa shape index (κ3) is 2.18. The summed E-state index contributed by atoms with van der Waals surface area (Å²) in [6, 6.07) is 6.45. The summed E-state index contributed by atoms with van der Waals surface area (Å²) >= 11 is 23.3. The molecule has 3 nitrogen and oxygen atoms in total. The highest BCUT2D eigenvalue weighted by atomic mass is 35.6. The van der Waals surface area contributed by atoms with Gasteiger partial charge in [-0.05, 0) is 6.07 Å². The molecule has 0 aromatic heterocycles. The molecule has 1 atom stereocenters. The van der Waals surface area contributed by atoms with Gasteiger partial charge in [-0.1, -0.05) is 58.5 Å². The van der Waals surface area contributed by atoms with Crippen molar-refractivity contribution in [2.24, 2.45) is 0 Å². The molecule has 1 aromatic carbocycles. The Labute approximate surface area is 117 Å². The zero-order valence-electron chi connectivity index (χ0n) is 8.20. The number of fused-ring (bicyclic) bond motifs is 1. The molecule has 1 unspecified atom stereocenters. The van der Waals surface area contributed by atoms with E-state index in [0.29, 0.717) is 10.3 Å². The third-order valence-corrected chi connectivity index (χ3v) is 3.33. The van der Waals surface area contributed by atoms with Crippen LogP contribution in [0.2, 0.25) is 0 Å². The average molecular weight is 314 g/mol. The SMILES string of the molecule is O=[N+]1c2ccccc2C(C(Cl)(Cl)Cl)=C(Cl)C1O. The smallest absolute Gasteiger partial charge is 0.329 e. The molecule has 1 aromatic rings. The maximum atomic E-state index is 11.7. The number of hydrogen-bond acceptors (Lipinski definition) is 2. The number of nitroso groups, excluding NO2 is 1. The summed E-state index contributed by atoms with van der Waals surface area (Å²) in [7, 11) is 0. The Morgan fingerprint density at radius 1 is 1.24 bits per heavy atom. The number of benzene rings is 1. The first-order chi connectivity index (χ1) is 7.84. The molecule has 1 N–H and O–H groups in total. The van der Waals surface area contributed by atoms with E-state index in [9.17, 15) is 10.0 Å². The fraction of sp³-hybridized carbons (Fsp3) is 0.200. The maximum Gasteiger partial charge on any atom is 0.346 e. The van der Waals surface area contributed by atoms with Gasteiger partial charge in [-0.3, -0.25) is 0 Å². The Hall–Kier alpha value is -0.320. The topological polar surface area (TPSA) is 40.3 Å². The van der Waals surface area contributed by atoms with Crippen LogP contribution in [-0.2, 0) is 0 Å². The van der Waals surface area contributed by atoms with Crippen molar-refractivity contribution in [2.75, 3.05) is 0 Å². The Balaban J connectivity index is 2.76. The van der Waals surface area contributed by atoms with Gasteiger partial charge in [0.2, 0.25) is 3.79 Å². The summed E-state index contributed by atoms with van der Waals surface area (Å²) in [5.74, 6) is 0. The molecule has 0 saturated carbocycles. The number of aliphatic hydroxyl groups is 1. The van der Waals surface area contributed by atoms with Crippen LogP contribution in [0, 0.1) is 4.91 Å². The molecule has 7 heteroatoms. The van der Waals surface area contributed by atoms with E-state index < -0.39 is 10.0 Å². The Kier molecular flexibility index (Phi) is 3.40. The molecule has 0 saturated heterocycles. The molecule has 17 heavy (non-hydrogen) atoms. The van der Waals surface area contributed by atoms with Gasteiger partial charge in [0.1, 0.15) is 5.03 Å². The average Bonchev–Trinajstić information content (AvgIpc) is 2.24. The molecular weight excluding hydrogens is 308 g/mol. The summed E-state index contributed by atoms with van der Waals surface area (Å²) in [6.07, 6.45) is -1.56. The van der Waals surface area contributed by atoms with E-state index in [2.05, 4.69) is 0 Å². The van der Waals surface area contributed by atoms with Crippen LogP contribution in [-0.4, -0.2) is 19.9 Å². The number of alkyl halides is 3. The van der Waals surface area contributed by atoms with E-state index in [-0.39, 0.29) is 16.3 Å². The number of para-hydroxylation sites is 1. The van der Waals surface area contributed by atoms with Gasteiger partial charge in [-0.25, -0.2) is 0 Å². The summed E-state index contributed by atoms with van der Waals surface area (Å²) in [4.78, 5) is 11.7. The highest BCUT2D eigenvalue weighted by Crippen LogP contribution is 2.49. The van der Waals surface area contributed by atoms with Crippen LogP contribution in [0.3, 0.4) is 0 Å². The Morgan fingerprint density at radius 2 is 1.82 bits per heavy atom. The molecule has 1 aliphatic heterocycles. The predicted molar refractivity (Wildman–Crippen MR) is 68.8 cm³/mol. The zero-order valence-corrected chi connectivity index (χ0v) is 11.2. The second-order valence-corrected chi connectivity index (χ2v) is 6.13. The number of aliphatic hydroxyl groups excluding tert-OH is 1. The van der Waals surface area contributed by atoms with Crippen molar-refractivity contribution in [1.29, 1.82) is 0 Å². The van der Waals surface area contributed by atoms with E-state index in [4.69, 9.17) is 46.4 Å². The van der Waals surface area contributed by atoms with Gasteiger partial charge in [0.25, 0.3) is 5.69 Å². The van der Waals surface area contributed by atoms with Gasteiger partial charge in [0.05, 0.1) is 10.3 Å².